The highest BCUT2D eigenvalue weighted by molar-refractivity contribution is 5.68. The van der Waals surface area contributed by atoms with Crippen molar-refractivity contribution in [3.05, 3.63) is 23.7 Å². The monoisotopic (exact) mass is 500 g/mol. The van der Waals surface area contributed by atoms with Gasteiger partial charge in [-0.05, 0) is 65.0 Å². The average Bonchev–Trinajstić information content (AvgIpc) is 3.47. The first-order valence-corrected chi connectivity index (χ1v) is 13.0. The second kappa shape index (κ2) is 10.9. The third kappa shape index (κ3) is 6.79. The summed E-state index contributed by atoms with van der Waals surface area (Å²) in [5, 5.41) is 7.04. The maximum absolute atomic E-state index is 12.1. The Morgan fingerprint density at radius 1 is 1.14 bits per heavy atom. The third-order valence-corrected chi connectivity index (χ3v) is 6.56. The van der Waals surface area contributed by atoms with Crippen LogP contribution < -0.4 is 19.9 Å². The maximum Gasteiger partial charge on any atom is 0.407 e. The molecule has 2 aliphatic rings. The number of hydrogen-bond donors (Lipinski definition) is 1. The van der Waals surface area contributed by atoms with Gasteiger partial charge in [-0.2, -0.15) is 4.98 Å². The van der Waals surface area contributed by atoms with Gasteiger partial charge < -0.3 is 29.1 Å². The number of hydrogen-bond acceptors (Lipinski definition) is 9. The van der Waals surface area contributed by atoms with Crippen LogP contribution >= 0.6 is 0 Å². The molecule has 0 radical (unpaired) electrons. The number of ether oxygens (including phenoxy) is 2. The number of carbonyl (C=O) groups is 1. The van der Waals surface area contributed by atoms with Gasteiger partial charge >= 0.3 is 12.1 Å². The molecule has 0 bridgehead atoms. The van der Waals surface area contributed by atoms with Crippen LogP contribution in [-0.2, 0) is 4.74 Å². The Bertz CT molecular complexity index is 1030. The van der Waals surface area contributed by atoms with Crippen molar-refractivity contribution >= 4 is 17.9 Å². The third-order valence-electron chi connectivity index (χ3n) is 6.56. The number of piperidine rings is 1. The normalized spacial score (nSPS) is 19.1. The largest absolute Gasteiger partial charge is 0.491 e. The van der Waals surface area contributed by atoms with Crippen LogP contribution in [-0.4, -0.2) is 65.6 Å². The summed E-state index contributed by atoms with van der Waals surface area (Å²) >= 11 is 0. The maximum atomic E-state index is 12.1. The van der Waals surface area contributed by atoms with Crippen molar-refractivity contribution in [2.24, 2.45) is 5.92 Å². The first-order chi connectivity index (χ1) is 17.1. The number of nitrogens with one attached hydrogen (secondary N) is 1. The van der Waals surface area contributed by atoms with E-state index in [4.69, 9.17) is 19.0 Å². The van der Waals surface area contributed by atoms with Gasteiger partial charge in [-0.15, -0.1) is 0 Å². The summed E-state index contributed by atoms with van der Waals surface area (Å²) in [6.07, 6.45) is 2.53. The lowest BCUT2D eigenvalue weighted by Crippen LogP contribution is -2.40. The molecule has 0 spiro atoms. The summed E-state index contributed by atoms with van der Waals surface area (Å²) in [4.78, 5) is 25.7. The molecule has 2 aromatic rings. The van der Waals surface area contributed by atoms with Crippen molar-refractivity contribution in [1.82, 2.24) is 20.4 Å². The Labute approximate surface area is 213 Å². The minimum absolute atomic E-state index is 0.0490. The number of amides is 1. The molecule has 2 fully saturated rings. The van der Waals surface area contributed by atoms with E-state index in [1.54, 1.807) is 0 Å². The Kier molecular flexibility index (Phi) is 7.90. The Balaban J connectivity index is 1.23. The van der Waals surface area contributed by atoms with E-state index in [9.17, 15) is 4.79 Å². The molecule has 4 rings (SSSR count). The number of aryl methyl sites for hydroxylation is 1. The zero-order valence-corrected chi connectivity index (χ0v) is 22.4. The molecule has 1 amide bonds. The Morgan fingerprint density at radius 3 is 2.50 bits per heavy atom. The van der Waals surface area contributed by atoms with Gasteiger partial charge in [-0.1, -0.05) is 19.0 Å². The summed E-state index contributed by atoms with van der Waals surface area (Å²) in [5.41, 5.74) is 0.375. The van der Waals surface area contributed by atoms with Crippen LogP contribution in [0.2, 0.25) is 0 Å². The molecular formula is C26H40N6O4. The van der Waals surface area contributed by atoms with E-state index in [0.717, 1.165) is 62.0 Å². The molecule has 0 aliphatic carbocycles. The summed E-state index contributed by atoms with van der Waals surface area (Å²) in [6, 6.07) is 4.68. The zero-order valence-electron chi connectivity index (χ0n) is 22.4. The predicted octanol–water partition coefficient (Wildman–Crippen LogP) is 4.30. The average molecular weight is 501 g/mol. The van der Waals surface area contributed by atoms with Crippen molar-refractivity contribution in [3.8, 4) is 5.75 Å². The van der Waals surface area contributed by atoms with E-state index in [0.29, 0.717) is 25.1 Å². The van der Waals surface area contributed by atoms with Gasteiger partial charge in [0.1, 0.15) is 17.2 Å². The smallest absolute Gasteiger partial charge is 0.407 e. The van der Waals surface area contributed by atoms with Crippen molar-refractivity contribution in [2.75, 3.05) is 42.6 Å². The standard InChI is InChI=1S/C26H40N6O4/c1-17(2)23-29-24(36-30-23)31-12-9-19(10-13-31)16-34-21-7-8-22(27-18(21)3)32-14-11-20(15-32)28-25(33)35-26(4,5)6/h7-8,17,19-20H,9-16H2,1-6H3,(H,28,33). The lowest BCUT2D eigenvalue weighted by molar-refractivity contribution is 0.0509. The molecule has 2 aromatic heterocycles. The number of rotatable bonds is 7. The fraction of sp³-hybridized carbons (Fsp3) is 0.692. The van der Waals surface area contributed by atoms with Gasteiger partial charge in [0.25, 0.3) is 0 Å². The molecule has 2 saturated heterocycles. The van der Waals surface area contributed by atoms with E-state index in [-0.39, 0.29) is 18.1 Å². The van der Waals surface area contributed by atoms with Crippen LogP contribution in [0.5, 0.6) is 5.75 Å². The molecule has 0 saturated carbocycles. The van der Waals surface area contributed by atoms with Gasteiger partial charge in [-0.25, -0.2) is 9.78 Å². The fourth-order valence-corrected chi connectivity index (χ4v) is 4.51. The van der Waals surface area contributed by atoms with Crippen LogP contribution in [0.1, 0.15) is 71.3 Å². The van der Waals surface area contributed by atoms with Crippen LogP contribution in [0.25, 0.3) is 0 Å². The van der Waals surface area contributed by atoms with E-state index in [1.165, 1.54) is 0 Å². The number of pyridine rings is 1. The molecule has 4 heterocycles. The van der Waals surface area contributed by atoms with Crippen LogP contribution in [0.4, 0.5) is 16.6 Å². The van der Waals surface area contributed by atoms with E-state index >= 15 is 0 Å². The Hall–Kier alpha value is -3.04. The molecule has 36 heavy (non-hydrogen) atoms. The molecule has 10 nitrogen and oxygen atoms in total. The van der Waals surface area contributed by atoms with E-state index in [1.807, 2.05) is 39.8 Å². The van der Waals surface area contributed by atoms with Crippen LogP contribution in [0.3, 0.4) is 0 Å². The van der Waals surface area contributed by atoms with Gasteiger partial charge in [0.15, 0.2) is 5.82 Å². The van der Waals surface area contributed by atoms with Gasteiger partial charge in [-0.3, -0.25) is 0 Å². The van der Waals surface area contributed by atoms with Crippen molar-refractivity contribution < 1.29 is 18.8 Å². The molecule has 10 heteroatoms. The number of aromatic nitrogens is 3. The van der Waals surface area contributed by atoms with Gasteiger partial charge in [0.05, 0.1) is 18.3 Å². The SMILES string of the molecule is Cc1nc(N2CCC(NC(=O)OC(C)(C)C)C2)ccc1OCC1CCN(c2nc(C(C)C)no2)CC1. The number of anilines is 2. The van der Waals surface area contributed by atoms with Crippen molar-refractivity contribution in [2.45, 2.75) is 78.4 Å². The van der Waals surface area contributed by atoms with Gasteiger partial charge in [0.2, 0.25) is 0 Å². The minimum atomic E-state index is -0.500. The van der Waals surface area contributed by atoms with E-state index in [2.05, 4.69) is 39.1 Å². The molecule has 2 aliphatic heterocycles. The van der Waals surface area contributed by atoms with Crippen molar-refractivity contribution in [3.63, 3.8) is 0 Å². The predicted molar refractivity (Wildman–Crippen MR) is 138 cm³/mol. The van der Waals surface area contributed by atoms with Crippen molar-refractivity contribution in [1.29, 1.82) is 0 Å². The van der Waals surface area contributed by atoms with Gasteiger partial charge in [0, 0.05) is 32.1 Å². The molecular weight excluding hydrogens is 460 g/mol. The molecule has 1 atom stereocenters. The first-order valence-electron chi connectivity index (χ1n) is 13.0. The lowest BCUT2D eigenvalue weighted by Gasteiger charge is -2.30. The highest BCUT2D eigenvalue weighted by atomic mass is 16.6. The summed E-state index contributed by atoms with van der Waals surface area (Å²) < 4.78 is 17.0. The second-order valence-electron chi connectivity index (χ2n) is 11.2. The first kappa shape index (κ1) is 26.0. The molecule has 1 N–H and O–H groups in total. The Morgan fingerprint density at radius 2 is 1.86 bits per heavy atom. The second-order valence-corrected chi connectivity index (χ2v) is 11.2. The summed E-state index contributed by atoms with van der Waals surface area (Å²) in [6.45, 7) is 15.7. The molecule has 1 unspecified atom stereocenters. The number of carbonyl (C=O) groups excluding carboxylic acids is 1. The number of nitrogens with zero attached hydrogens (tertiary/aromatic N) is 5. The summed E-state index contributed by atoms with van der Waals surface area (Å²) in [7, 11) is 0. The highest BCUT2D eigenvalue weighted by Gasteiger charge is 2.28. The molecule has 0 aromatic carbocycles. The van der Waals surface area contributed by atoms with Crippen LogP contribution in [0.15, 0.2) is 16.7 Å². The fourth-order valence-electron chi connectivity index (χ4n) is 4.51. The quantitative estimate of drug-likeness (QED) is 0.596. The lowest BCUT2D eigenvalue weighted by atomic mass is 9.98. The highest BCUT2D eigenvalue weighted by Crippen LogP contribution is 2.27. The van der Waals surface area contributed by atoms with Crippen LogP contribution in [0, 0.1) is 12.8 Å². The minimum Gasteiger partial charge on any atom is -0.491 e. The zero-order chi connectivity index (χ0) is 25.9. The number of alkyl carbamates (subject to hydrolysis) is 1. The topological polar surface area (TPSA) is 106 Å². The van der Waals surface area contributed by atoms with E-state index < -0.39 is 5.60 Å². The summed E-state index contributed by atoms with van der Waals surface area (Å²) in [5.74, 6) is 3.22. The molecule has 198 valence electrons.